The summed E-state index contributed by atoms with van der Waals surface area (Å²) in [6, 6.07) is 3.36. The van der Waals surface area contributed by atoms with Gasteiger partial charge in [-0.05, 0) is 6.07 Å². The largest absolute Gasteiger partial charge is 0.465 e. The molecule has 0 amide bonds. The van der Waals surface area contributed by atoms with Crippen molar-refractivity contribution in [1.29, 1.82) is 0 Å². The summed E-state index contributed by atoms with van der Waals surface area (Å²) in [5.74, 6) is -0.777. The lowest BCUT2D eigenvalue weighted by atomic mass is 10.1. The summed E-state index contributed by atoms with van der Waals surface area (Å²) < 4.78 is 4.39. The van der Waals surface area contributed by atoms with Gasteiger partial charge in [0.2, 0.25) is 0 Å². The zero-order chi connectivity index (χ0) is 13.4. The predicted octanol–water partition coefficient (Wildman–Crippen LogP) is 2.22. The van der Waals surface area contributed by atoms with Crippen LogP contribution in [0, 0.1) is 10.1 Å². The van der Waals surface area contributed by atoms with E-state index in [-0.39, 0.29) is 16.8 Å². The minimum Gasteiger partial charge on any atom is -0.465 e. The van der Waals surface area contributed by atoms with E-state index < -0.39 is 10.9 Å². The van der Waals surface area contributed by atoms with Crippen molar-refractivity contribution in [3.05, 3.63) is 39.4 Å². The maximum Gasteiger partial charge on any atom is 0.338 e. The molecule has 0 fully saturated rings. The molecule has 0 saturated carbocycles. The highest BCUT2D eigenvalue weighted by Gasteiger charge is 2.16. The highest BCUT2D eigenvalue weighted by atomic mass is 16.6. The molecule has 1 aromatic carbocycles. The van der Waals surface area contributed by atoms with Crippen LogP contribution in [-0.4, -0.2) is 24.3 Å². The van der Waals surface area contributed by atoms with Gasteiger partial charge in [0.05, 0.1) is 17.6 Å². The summed E-state index contributed by atoms with van der Waals surface area (Å²) >= 11 is 0. The third kappa shape index (κ3) is 3.67. The topological polar surface area (TPSA) is 86.5 Å². The van der Waals surface area contributed by atoms with Crippen LogP contribution in [0.1, 0.15) is 34.6 Å². The van der Waals surface area contributed by atoms with Gasteiger partial charge in [-0.1, -0.05) is 13.8 Å². The number of nitrogens with zero attached hydrogens (tertiary/aromatic N) is 1. The van der Waals surface area contributed by atoms with Crippen LogP contribution < -0.4 is 0 Å². The molecule has 0 unspecified atom stereocenters. The number of carbonyl (C=O) groups is 2. The molecule has 0 aliphatic heterocycles. The summed E-state index contributed by atoms with van der Waals surface area (Å²) in [5.41, 5.74) is -0.310. The lowest BCUT2D eigenvalue weighted by Crippen LogP contribution is -2.06. The Morgan fingerprint density at radius 3 is 2.41 bits per heavy atom. The molecule has 0 saturated heterocycles. The second-order valence-electron chi connectivity index (χ2n) is 2.64. The smallest absolute Gasteiger partial charge is 0.338 e. The van der Waals surface area contributed by atoms with Crippen LogP contribution in [0.2, 0.25) is 0 Å². The first-order valence-electron chi connectivity index (χ1n) is 4.92. The first-order valence-corrected chi connectivity index (χ1v) is 4.92. The zero-order valence-corrected chi connectivity index (χ0v) is 9.80. The molecule has 0 aliphatic rings. The van der Waals surface area contributed by atoms with E-state index in [0.29, 0.717) is 6.29 Å². The molecule has 0 aliphatic carbocycles. The van der Waals surface area contributed by atoms with Crippen molar-refractivity contribution < 1.29 is 19.2 Å². The number of nitro benzene ring substituents is 1. The van der Waals surface area contributed by atoms with Gasteiger partial charge in [-0.3, -0.25) is 14.9 Å². The fourth-order valence-electron chi connectivity index (χ4n) is 1.05. The Hall–Kier alpha value is -2.24. The zero-order valence-electron chi connectivity index (χ0n) is 9.80. The lowest BCUT2D eigenvalue weighted by Gasteiger charge is -2.01. The average molecular weight is 239 g/mol. The summed E-state index contributed by atoms with van der Waals surface area (Å²) in [7, 11) is 1.13. The first-order chi connectivity index (χ1) is 8.10. The number of esters is 1. The summed E-state index contributed by atoms with van der Waals surface area (Å²) in [4.78, 5) is 31.5. The van der Waals surface area contributed by atoms with Crippen LogP contribution in [0.3, 0.4) is 0 Å². The Morgan fingerprint density at radius 2 is 2.00 bits per heavy atom. The van der Waals surface area contributed by atoms with Crippen molar-refractivity contribution >= 4 is 17.9 Å². The second-order valence-corrected chi connectivity index (χ2v) is 2.64. The SMILES string of the molecule is CC.COC(=O)c1cc([N+](=O)[O-])ccc1C=O. The Kier molecular flexibility index (Phi) is 6.17. The Labute approximate surface area is 98.4 Å². The van der Waals surface area contributed by atoms with Gasteiger partial charge >= 0.3 is 5.97 Å². The molecule has 0 radical (unpaired) electrons. The van der Waals surface area contributed by atoms with Crippen molar-refractivity contribution in [2.24, 2.45) is 0 Å². The number of nitro groups is 1. The maximum absolute atomic E-state index is 11.2. The second kappa shape index (κ2) is 7.10. The van der Waals surface area contributed by atoms with Crippen molar-refractivity contribution in [2.45, 2.75) is 13.8 Å². The minimum absolute atomic E-state index is 0.0625. The number of ether oxygens (including phenoxy) is 1. The van der Waals surface area contributed by atoms with Gasteiger partial charge < -0.3 is 4.74 Å². The van der Waals surface area contributed by atoms with Crippen LogP contribution in [0.4, 0.5) is 5.69 Å². The molecule has 17 heavy (non-hydrogen) atoms. The summed E-state index contributed by atoms with van der Waals surface area (Å²) in [6.07, 6.45) is 0.440. The molecule has 6 nitrogen and oxygen atoms in total. The monoisotopic (exact) mass is 239 g/mol. The molecule has 0 bridgehead atoms. The van der Waals surface area contributed by atoms with Gasteiger partial charge in [0, 0.05) is 17.7 Å². The van der Waals surface area contributed by atoms with Crippen molar-refractivity contribution in [3.63, 3.8) is 0 Å². The molecule has 1 aromatic rings. The van der Waals surface area contributed by atoms with E-state index in [2.05, 4.69) is 4.74 Å². The number of hydrogen-bond acceptors (Lipinski definition) is 5. The number of benzene rings is 1. The van der Waals surface area contributed by atoms with Crippen LogP contribution in [-0.2, 0) is 4.74 Å². The first kappa shape index (κ1) is 14.8. The standard InChI is InChI=1S/C9H7NO5.C2H6/c1-15-9(12)8-4-7(10(13)14)3-2-6(8)5-11;1-2/h2-5H,1H3;1-2H3. The molecule has 0 atom stereocenters. The van der Waals surface area contributed by atoms with E-state index >= 15 is 0 Å². The highest BCUT2D eigenvalue weighted by molar-refractivity contribution is 5.98. The molecule has 6 heteroatoms. The molecule has 0 N–H and O–H groups in total. The van der Waals surface area contributed by atoms with Gasteiger partial charge in [0.25, 0.3) is 5.69 Å². The van der Waals surface area contributed by atoms with Gasteiger partial charge in [0.15, 0.2) is 6.29 Å². The quantitative estimate of drug-likeness (QED) is 0.349. The fraction of sp³-hybridized carbons (Fsp3) is 0.273. The normalized spacial score (nSPS) is 8.65. The average Bonchev–Trinajstić information content (AvgIpc) is 2.39. The lowest BCUT2D eigenvalue weighted by molar-refractivity contribution is -0.384. The van der Waals surface area contributed by atoms with Gasteiger partial charge in [0.1, 0.15) is 0 Å². The van der Waals surface area contributed by atoms with Crippen LogP contribution >= 0.6 is 0 Å². The molecule has 92 valence electrons. The van der Waals surface area contributed by atoms with Gasteiger partial charge in [-0.25, -0.2) is 4.79 Å². The number of carbonyl (C=O) groups excluding carboxylic acids is 2. The maximum atomic E-state index is 11.2. The number of aldehydes is 1. The van der Waals surface area contributed by atoms with Gasteiger partial charge in [-0.2, -0.15) is 0 Å². The molecule has 0 aromatic heterocycles. The van der Waals surface area contributed by atoms with Crippen LogP contribution in [0.5, 0.6) is 0 Å². The van der Waals surface area contributed by atoms with E-state index in [1.165, 1.54) is 6.07 Å². The van der Waals surface area contributed by atoms with Gasteiger partial charge in [-0.15, -0.1) is 0 Å². The van der Waals surface area contributed by atoms with Crippen molar-refractivity contribution in [1.82, 2.24) is 0 Å². The Bertz CT molecular complexity index is 428. The van der Waals surface area contributed by atoms with E-state index in [0.717, 1.165) is 19.2 Å². The van der Waals surface area contributed by atoms with E-state index in [1.807, 2.05) is 13.8 Å². The molecule has 0 spiro atoms. The third-order valence-corrected chi connectivity index (χ3v) is 1.78. The predicted molar refractivity (Wildman–Crippen MR) is 61.2 cm³/mol. The fourth-order valence-corrected chi connectivity index (χ4v) is 1.05. The molecule has 0 heterocycles. The van der Waals surface area contributed by atoms with E-state index in [1.54, 1.807) is 0 Å². The number of rotatable bonds is 3. The van der Waals surface area contributed by atoms with Crippen LogP contribution in [0.15, 0.2) is 18.2 Å². The number of methoxy groups -OCH3 is 1. The highest BCUT2D eigenvalue weighted by Crippen LogP contribution is 2.17. The Balaban J connectivity index is 0.00000121. The van der Waals surface area contributed by atoms with E-state index in [4.69, 9.17) is 0 Å². The van der Waals surface area contributed by atoms with E-state index in [9.17, 15) is 19.7 Å². The molecule has 1 rings (SSSR count). The van der Waals surface area contributed by atoms with Crippen LogP contribution in [0.25, 0.3) is 0 Å². The number of hydrogen-bond donors (Lipinski definition) is 0. The third-order valence-electron chi connectivity index (χ3n) is 1.78. The summed E-state index contributed by atoms with van der Waals surface area (Å²) in [5, 5.41) is 10.4. The number of non-ortho nitro benzene ring substituents is 1. The van der Waals surface area contributed by atoms with Crippen molar-refractivity contribution in [3.8, 4) is 0 Å². The van der Waals surface area contributed by atoms with Crippen molar-refractivity contribution in [2.75, 3.05) is 7.11 Å². The minimum atomic E-state index is -0.777. The summed E-state index contributed by atoms with van der Waals surface area (Å²) in [6.45, 7) is 4.00. The Morgan fingerprint density at radius 1 is 1.41 bits per heavy atom. The molecular weight excluding hydrogens is 226 g/mol. The molecular formula is C11H13NO5.